The van der Waals surface area contributed by atoms with E-state index in [1.807, 2.05) is 25.1 Å². The van der Waals surface area contributed by atoms with E-state index < -0.39 is 0 Å². The molecule has 0 saturated carbocycles. The van der Waals surface area contributed by atoms with Gasteiger partial charge in [0.05, 0.1) is 16.2 Å². The van der Waals surface area contributed by atoms with Crippen LogP contribution in [0.3, 0.4) is 0 Å². The Hall–Kier alpha value is -0.590. The highest BCUT2D eigenvalue weighted by atomic mass is 127. The fraction of sp³-hybridized carbons (Fsp3) is 0.100. The molecule has 0 atom stereocenters. The molecule has 0 aliphatic rings. The van der Waals surface area contributed by atoms with Gasteiger partial charge in [0, 0.05) is 14.7 Å². The second-order valence-electron chi connectivity index (χ2n) is 3.24. The summed E-state index contributed by atoms with van der Waals surface area (Å²) in [6.07, 6.45) is 0. The lowest BCUT2D eigenvalue weighted by molar-refractivity contribution is 1.24. The van der Waals surface area contributed by atoms with Crippen LogP contribution in [0.15, 0.2) is 18.2 Å². The molecule has 3 N–H and O–H groups in total. The van der Waals surface area contributed by atoms with Gasteiger partial charge in [0.1, 0.15) is 0 Å². The molecule has 2 aromatic rings. The monoisotopic (exact) mass is 333 g/mol. The molecular weight excluding hydrogens is 324 g/mol. The van der Waals surface area contributed by atoms with Gasteiger partial charge >= 0.3 is 0 Å². The number of anilines is 1. The topological polar surface area (TPSA) is 50.9 Å². The van der Waals surface area contributed by atoms with Gasteiger partial charge in [-0.1, -0.05) is 11.6 Å². The minimum atomic E-state index is 0.650. The van der Waals surface area contributed by atoms with Crippen LogP contribution in [0.25, 0.3) is 10.9 Å². The minimum absolute atomic E-state index is 0.650. The zero-order chi connectivity index (χ0) is 11.0. The number of hydrazine groups is 1. The number of hydrogen-bond donors (Lipinski definition) is 2. The van der Waals surface area contributed by atoms with Crippen molar-refractivity contribution in [3.63, 3.8) is 0 Å². The molecule has 1 heterocycles. The number of hydrogen-bond acceptors (Lipinski definition) is 3. The molecule has 2 rings (SSSR count). The third-order valence-electron chi connectivity index (χ3n) is 2.12. The maximum Gasteiger partial charge on any atom is 0.0913 e. The molecule has 0 spiro atoms. The van der Waals surface area contributed by atoms with Crippen LogP contribution < -0.4 is 11.3 Å². The molecular formula is C10H9ClIN3. The molecule has 0 aliphatic carbocycles. The number of nitrogen functional groups attached to an aromatic ring is 1. The van der Waals surface area contributed by atoms with Crippen LogP contribution in [0.4, 0.5) is 5.69 Å². The lowest BCUT2D eigenvalue weighted by Gasteiger charge is -2.08. The first-order valence-corrected chi connectivity index (χ1v) is 5.80. The van der Waals surface area contributed by atoms with Crippen molar-refractivity contribution in [2.45, 2.75) is 6.92 Å². The summed E-state index contributed by atoms with van der Waals surface area (Å²) in [5, 5.41) is 1.59. The van der Waals surface area contributed by atoms with Crippen molar-refractivity contribution >= 4 is 50.8 Å². The number of nitrogens with two attached hydrogens (primary N) is 1. The quantitative estimate of drug-likeness (QED) is 0.479. The molecule has 15 heavy (non-hydrogen) atoms. The highest BCUT2D eigenvalue weighted by Crippen LogP contribution is 2.30. The van der Waals surface area contributed by atoms with E-state index in [1.165, 1.54) is 0 Å². The van der Waals surface area contributed by atoms with Crippen molar-refractivity contribution in [2.24, 2.45) is 5.84 Å². The van der Waals surface area contributed by atoms with Gasteiger partial charge < -0.3 is 5.43 Å². The Morgan fingerprint density at radius 2 is 2.13 bits per heavy atom. The lowest BCUT2D eigenvalue weighted by Crippen LogP contribution is -2.08. The van der Waals surface area contributed by atoms with E-state index in [4.69, 9.17) is 17.4 Å². The summed E-state index contributed by atoms with van der Waals surface area (Å²) in [4.78, 5) is 4.39. The standard InChI is InChI=1S/C10H9ClIN3/c1-5-2-9(15-13)7-3-6(12)4-8(11)10(7)14-5/h2-4H,13H2,1H3,(H,14,15). The van der Waals surface area contributed by atoms with Crippen LogP contribution in [0, 0.1) is 10.5 Å². The Balaban J connectivity index is 2.89. The van der Waals surface area contributed by atoms with Gasteiger partial charge in [-0.15, -0.1) is 0 Å². The molecule has 0 amide bonds. The summed E-state index contributed by atoms with van der Waals surface area (Å²) < 4.78 is 1.06. The SMILES string of the molecule is Cc1cc(NN)c2cc(I)cc(Cl)c2n1. The van der Waals surface area contributed by atoms with Crippen LogP contribution in [-0.4, -0.2) is 4.98 Å². The number of nitrogens with one attached hydrogen (secondary N) is 1. The summed E-state index contributed by atoms with van der Waals surface area (Å²) in [5.74, 6) is 5.46. The minimum Gasteiger partial charge on any atom is -0.323 e. The van der Waals surface area contributed by atoms with Crippen molar-refractivity contribution in [1.82, 2.24) is 4.98 Å². The average Bonchev–Trinajstić information content (AvgIpc) is 2.18. The Morgan fingerprint density at radius 1 is 1.40 bits per heavy atom. The normalized spacial score (nSPS) is 10.7. The molecule has 1 aromatic heterocycles. The number of nitrogens with zero attached hydrogens (tertiary/aromatic N) is 1. The summed E-state index contributed by atoms with van der Waals surface area (Å²) in [6, 6.07) is 5.79. The second-order valence-corrected chi connectivity index (χ2v) is 4.89. The van der Waals surface area contributed by atoms with E-state index in [1.54, 1.807) is 0 Å². The summed E-state index contributed by atoms with van der Waals surface area (Å²) in [6.45, 7) is 1.91. The third kappa shape index (κ3) is 2.02. The van der Waals surface area contributed by atoms with Gasteiger partial charge in [-0.25, -0.2) is 0 Å². The van der Waals surface area contributed by atoms with Gasteiger partial charge in [-0.05, 0) is 47.7 Å². The number of pyridine rings is 1. The predicted octanol–water partition coefficient (Wildman–Crippen LogP) is 3.09. The first kappa shape index (κ1) is 10.9. The number of benzene rings is 1. The van der Waals surface area contributed by atoms with Crippen molar-refractivity contribution in [1.29, 1.82) is 0 Å². The smallest absolute Gasteiger partial charge is 0.0913 e. The number of fused-ring (bicyclic) bond motifs is 1. The van der Waals surface area contributed by atoms with E-state index in [0.717, 1.165) is 25.9 Å². The highest BCUT2D eigenvalue weighted by Gasteiger charge is 2.07. The van der Waals surface area contributed by atoms with Crippen molar-refractivity contribution in [3.8, 4) is 0 Å². The maximum absolute atomic E-state index is 6.13. The number of aryl methyl sites for hydroxylation is 1. The highest BCUT2D eigenvalue weighted by molar-refractivity contribution is 14.1. The Kier molecular flexibility index (Phi) is 2.99. The first-order valence-electron chi connectivity index (χ1n) is 4.35. The zero-order valence-electron chi connectivity index (χ0n) is 8.01. The van der Waals surface area contributed by atoms with E-state index >= 15 is 0 Å². The van der Waals surface area contributed by atoms with Crippen LogP contribution in [0.2, 0.25) is 5.02 Å². The second kappa shape index (κ2) is 4.11. The Bertz CT molecular complexity index is 528. The molecule has 0 unspecified atom stereocenters. The molecule has 0 fully saturated rings. The third-order valence-corrected chi connectivity index (χ3v) is 3.03. The maximum atomic E-state index is 6.13. The molecule has 78 valence electrons. The van der Waals surface area contributed by atoms with Gasteiger partial charge in [0.15, 0.2) is 0 Å². The van der Waals surface area contributed by atoms with E-state index in [9.17, 15) is 0 Å². The van der Waals surface area contributed by atoms with Gasteiger partial charge in [-0.2, -0.15) is 0 Å². The van der Waals surface area contributed by atoms with Crippen LogP contribution in [-0.2, 0) is 0 Å². The summed E-state index contributed by atoms with van der Waals surface area (Å²) >= 11 is 8.34. The van der Waals surface area contributed by atoms with Gasteiger partial charge in [0.2, 0.25) is 0 Å². The largest absolute Gasteiger partial charge is 0.323 e. The van der Waals surface area contributed by atoms with Crippen LogP contribution in [0.1, 0.15) is 5.69 Å². The van der Waals surface area contributed by atoms with Crippen LogP contribution >= 0.6 is 34.2 Å². The lowest BCUT2D eigenvalue weighted by atomic mass is 10.1. The van der Waals surface area contributed by atoms with Crippen molar-refractivity contribution in [3.05, 3.63) is 32.5 Å². The number of halogens is 2. The number of rotatable bonds is 1. The Labute approximate surface area is 106 Å². The molecule has 0 saturated heterocycles. The number of aromatic nitrogens is 1. The predicted molar refractivity (Wildman–Crippen MR) is 72.0 cm³/mol. The van der Waals surface area contributed by atoms with Crippen LogP contribution in [0.5, 0.6) is 0 Å². The van der Waals surface area contributed by atoms with Crippen molar-refractivity contribution in [2.75, 3.05) is 5.43 Å². The Morgan fingerprint density at radius 3 is 2.80 bits per heavy atom. The molecule has 0 radical (unpaired) electrons. The fourth-order valence-corrected chi connectivity index (χ4v) is 2.57. The average molecular weight is 334 g/mol. The molecule has 0 bridgehead atoms. The fourth-order valence-electron chi connectivity index (χ4n) is 1.50. The summed E-state index contributed by atoms with van der Waals surface area (Å²) in [7, 11) is 0. The van der Waals surface area contributed by atoms with E-state index in [-0.39, 0.29) is 0 Å². The molecule has 3 nitrogen and oxygen atoms in total. The van der Waals surface area contributed by atoms with Gasteiger partial charge in [-0.3, -0.25) is 10.8 Å². The zero-order valence-corrected chi connectivity index (χ0v) is 10.9. The van der Waals surface area contributed by atoms with E-state index in [0.29, 0.717) is 5.02 Å². The molecule has 1 aromatic carbocycles. The molecule has 0 aliphatic heterocycles. The van der Waals surface area contributed by atoms with E-state index in [2.05, 4.69) is 33.0 Å². The molecule has 5 heteroatoms. The van der Waals surface area contributed by atoms with Gasteiger partial charge in [0.25, 0.3) is 0 Å². The summed E-state index contributed by atoms with van der Waals surface area (Å²) in [5.41, 5.74) is 5.18. The first-order chi connectivity index (χ1) is 7.11. The van der Waals surface area contributed by atoms with Crippen molar-refractivity contribution < 1.29 is 0 Å².